The minimum absolute atomic E-state index is 0.0497. The third-order valence-electron chi connectivity index (χ3n) is 4.00. The van der Waals surface area contributed by atoms with Crippen molar-refractivity contribution in [2.45, 2.75) is 32.4 Å². The summed E-state index contributed by atoms with van der Waals surface area (Å²) in [5, 5.41) is 3.29. The van der Waals surface area contributed by atoms with E-state index in [2.05, 4.69) is 38.1 Å². The Kier molecular flexibility index (Phi) is 8.76. The van der Waals surface area contributed by atoms with E-state index in [4.69, 9.17) is 4.74 Å². The van der Waals surface area contributed by atoms with Crippen LogP contribution >= 0.6 is 15.9 Å². The fourth-order valence-electron chi connectivity index (χ4n) is 2.50. The van der Waals surface area contributed by atoms with Crippen LogP contribution in [0.5, 0.6) is 5.75 Å². The van der Waals surface area contributed by atoms with Gasteiger partial charge in [-0.15, -0.1) is 0 Å². The number of ether oxygens (including phenoxy) is 1. The van der Waals surface area contributed by atoms with Gasteiger partial charge in [-0.2, -0.15) is 0 Å². The molecule has 0 spiro atoms. The molecule has 0 aliphatic carbocycles. The maximum atomic E-state index is 11.1. The van der Waals surface area contributed by atoms with Crippen LogP contribution in [-0.4, -0.2) is 33.9 Å². The zero-order valence-electron chi connectivity index (χ0n) is 15.7. The van der Waals surface area contributed by atoms with Crippen LogP contribution in [0, 0.1) is 0 Å². The number of rotatable bonds is 11. The molecule has 2 aromatic rings. The second-order valence-electron chi connectivity index (χ2n) is 6.63. The third-order valence-corrected chi connectivity index (χ3v) is 5.18. The second-order valence-corrected chi connectivity index (χ2v) is 9.38. The minimum Gasteiger partial charge on any atom is -0.494 e. The number of benzene rings is 2. The fourth-order valence-corrected chi connectivity index (χ4v) is 3.50. The molecule has 0 saturated heterocycles. The SMILES string of the molecule is CC(CNS(C)(=O)=O)NCc1ccc(OCCCc2cccc(Br)c2)cc1. The van der Waals surface area contributed by atoms with E-state index in [1.54, 1.807) is 0 Å². The molecule has 0 fully saturated rings. The van der Waals surface area contributed by atoms with E-state index in [1.165, 1.54) is 5.56 Å². The highest BCUT2D eigenvalue weighted by molar-refractivity contribution is 9.10. The summed E-state index contributed by atoms with van der Waals surface area (Å²) in [5.74, 6) is 0.861. The molecule has 2 aromatic carbocycles. The van der Waals surface area contributed by atoms with Gasteiger partial charge in [-0.25, -0.2) is 13.1 Å². The summed E-state index contributed by atoms with van der Waals surface area (Å²) in [5.41, 5.74) is 2.43. The Hall–Kier alpha value is -1.41. The number of hydrogen-bond donors (Lipinski definition) is 2. The van der Waals surface area contributed by atoms with Gasteiger partial charge in [-0.1, -0.05) is 40.2 Å². The molecule has 0 aliphatic heterocycles. The van der Waals surface area contributed by atoms with E-state index in [0.29, 0.717) is 19.7 Å². The first kappa shape index (κ1) is 21.9. The number of aryl methyl sites for hydroxylation is 1. The average Bonchev–Trinajstić information content (AvgIpc) is 2.62. The zero-order valence-corrected chi connectivity index (χ0v) is 18.1. The smallest absolute Gasteiger partial charge is 0.208 e. The highest BCUT2D eigenvalue weighted by Crippen LogP contribution is 2.15. The van der Waals surface area contributed by atoms with Gasteiger partial charge in [0.25, 0.3) is 0 Å². The van der Waals surface area contributed by atoms with Gasteiger partial charge in [-0.3, -0.25) is 0 Å². The zero-order chi connectivity index (χ0) is 19.7. The molecule has 0 amide bonds. The van der Waals surface area contributed by atoms with E-state index in [1.807, 2.05) is 43.3 Å². The molecule has 0 heterocycles. The molecule has 0 saturated carbocycles. The largest absolute Gasteiger partial charge is 0.494 e. The molecule has 1 unspecified atom stereocenters. The fraction of sp³-hybridized carbons (Fsp3) is 0.400. The predicted octanol–water partition coefficient (Wildman–Crippen LogP) is 3.49. The van der Waals surface area contributed by atoms with E-state index in [9.17, 15) is 8.42 Å². The van der Waals surface area contributed by atoms with Crippen molar-refractivity contribution in [1.82, 2.24) is 10.0 Å². The van der Waals surface area contributed by atoms with Crippen LogP contribution in [0.3, 0.4) is 0 Å². The number of hydrogen-bond acceptors (Lipinski definition) is 4. The van der Waals surface area contributed by atoms with Crippen molar-refractivity contribution in [3.8, 4) is 5.75 Å². The maximum Gasteiger partial charge on any atom is 0.208 e. The van der Waals surface area contributed by atoms with Gasteiger partial charge in [0.1, 0.15) is 5.75 Å². The van der Waals surface area contributed by atoms with Crippen LogP contribution in [0.4, 0.5) is 0 Å². The topological polar surface area (TPSA) is 67.4 Å². The molecular formula is C20H27BrN2O3S. The summed E-state index contributed by atoms with van der Waals surface area (Å²) >= 11 is 3.49. The summed E-state index contributed by atoms with van der Waals surface area (Å²) in [6.45, 7) is 3.67. The monoisotopic (exact) mass is 454 g/mol. The first-order valence-corrected chi connectivity index (χ1v) is 11.6. The normalized spacial score (nSPS) is 12.7. The van der Waals surface area contributed by atoms with Gasteiger partial charge >= 0.3 is 0 Å². The first-order chi connectivity index (χ1) is 12.8. The summed E-state index contributed by atoms with van der Waals surface area (Å²) in [6.07, 6.45) is 3.11. The standard InChI is InChI=1S/C20H27BrN2O3S/c1-16(14-23-27(2,24)25)22-15-18-8-10-20(11-9-18)26-12-4-6-17-5-3-7-19(21)13-17/h3,5,7-11,13,16,22-23H,4,6,12,14-15H2,1-2H3. The first-order valence-electron chi connectivity index (χ1n) is 8.96. The molecule has 1 atom stereocenters. The van der Waals surface area contributed by atoms with E-state index < -0.39 is 10.0 Å². The molecule has 7 heteroatoms. The molecule has 0 aromatic heterocycles. The van der Waals surface area contributed by atoms with E-state index in [0.717, 1.165) is 34.9 Å². The molecule has 0 aliphatic rings. The Morgan fingerprint density at radius 3 is 2.52 bits per heavy atom. The van der Waals surface area contributed by atoms with Gasteiger partial charge in [0.2, 0.25) is 10.0 Å². The summed E-state index contributed by atoms with van der Waals surface area (Å²) < 4.78 is 31.6. The molecule has 0 bridgehead atoms. The van der Waals surface area contributed by atoms with Gasteiger partial charge in [0.15, 0.2) is 0 Å². The summed E-state index contributed by atoms with van der Waals surface area (Å²) in [6, 6.07) is 16.4. The second kappa shape index (κ2) is 10.8. The van der Waals surface area contributed by atoms with Crippen molar-refractivity contribution in [2.24, 2.45) is 0 Å². The van der Waals surface area contributed by atoms with Crippen LogP contribution in [0.15, 0.2) is 53.0 Å². The number of sulfonamides is 1. The van der Waals surface area contributed by atoms with E-state index in [-0.39, 0.29) is 6.04 Å². The Labute approximate surface area is 170 Å². The molecule has 148 valence electrons. The number of nitrogens with one attached hydrogen (secondary N) is 2. The van der Waals surface area contributed by atoms with Gasteiger partial charge in [0, 0.05) is 23.6 Å². The van der Waals surface area contributed by atoms with Crippen molar-refractivity contribution in [2.75, 3.05) is 19.4 Å². The number of halogens is 1. The van der Waals surface area contributed by atoms with Crippen molar-refractivity contribution in [3.05, 3.63) is 64.1 Å². The molecule has 2 N–H and O–H groups in total. The Balaban J connectivity index is 1.67. The van der Waals surface area contributed by atoms with Crippen LogP contribution in [0.25, 0.3) is 0 Å². The van der Waals surface area contributed by atoms with Crippen LogP contribution in [0.1, 0.15) is 24.5 Å². The third kappa shape index (κ3) is 9.37. The predicted molar refractivity (Wildman–Crippen MR) is 114 cm³/mol. The summed E-state index contributed by atoms with van der Waals surface area (Å²) in [4.78, 5) is 0. The average molecular weight is 455 g/mol. The summed E-state index contributed by atoms with van der Waals surface area (Å²) in [7, 11) is -3.15. The molecule has 2 rings (SSSR count). The Bertz CT molecular complexity index is 810. The molecule has 5 nitrogen and oxygen atoms in total. The highest BCUT2D eigenvalue weighted by atomic mass is 79.9. The van der Waals surface area contributed by atoms with Gasteiger partial charge in [-0.05, 0) is 55.2 Å². The van der Waals surface area contributed by atoms with Crippen molar-refractivity contribution in [3.63, 3.8) is 0 Å². The van der Waals surface area contributed by atoms with Crippen LogP contribution in [-0.2, 0) is 23.0 Å². The quantitative estimate of drug-likeness (QED) is 0.509. The molecule has 27 heavy (non-hydrogen) atoms. The Morgan fingerprint density at radius 2 is 1.85 bits per heavy atom. The Morgan fingerprint density at radius 1 is 1.11 bits per heavy atom. The minimum atomic E-state index is -3.15. The molecule has 0 radical (unpaired) electrons. The lowest BCUT2D eigenvalue weighted by molar-refractivity contribution is 0.311. The van der Waals surface area contributed by atoms with Crippen LogP contribution in [0.2, 0.25) is 0 Å². The van der Waals surface area contributed by atoms with Crippen LogP contribution < -0.4 is 14.8 Å². The lowest BCUT2D eigenvalue weighted by Crippen LogP contribution is -2.38. The van der Waals surface area contributed by atoms with Gasteiger partial charge in [0.05, 0.1) is 12.9 Å². The van der Waals surface area contributed by atoms with Crippen molar-refractivity contribution in [1.29, 1.82) is 0 Å². The lowest BCUT2D eigenvalue weighted by Gasteiger charge is -2.14. The van der Waals surface area contributed by atoms with Crippen molar-refractivity contribution >= 4 is 26.0 Å². The van der Waals surface area contributed by atoms with E-state index >= 15 is 0 Å². The van der Waals surface area contributed by atoms with Gasteiger partial charge < -0.3 is 10.1 Å². The maximum absolute atomic E-state index is 11.1. The van der Waals surface area contributed by atoms with Crippen molar-refractivity contribution < 1.29 is 13.2 Å². The lowest BCUT2D eigenvalue weighted by atomic mass is 10.1. The molecular weight excluding hydrogens is 428 g/mol. The highest BCUT2D eigenvalue weighted by Gasteiger charge is 2.06.